The van der Waals surface area contributed by atoms with Gasteiger partial charge in [0.1, 0.15) is 13.2 Å². The summed E-state index contributed by atoms with van der Waals surface area (Å²) in [6.45, 7) is 6.36. The standard InChI is InChI=1S/C73H120O6/c1-4-7-10-13-16-19-22-25-28-30-32-34-35-36-37-39-40-42-45-48-51-54-57-60-63-66-72(75)78-69-70(68-77-71(74)65-62-59-56-53-50-47-44-27-24-21-18-15-12-9-6-3)79-73(76)67-64-61-58-55-52-49-46-43-41-38-33-31-29-26-23-20-17-14-11-8-5-2/h8-9,11-12,17-18,20-22,25-27,29-30,32-33,38,43-44,46,50,53,70H,4-7,10,13-16,19,23-24,28,31,34-37,39-42,45,47-49,51-52,54-69H2,1-3H3/b11-8-,12-9-,20-17-,21-18-,25-22-,29-26-,32-30-,38-33-,44-27-,46-43-,53-50-. The Hall–Kier alpha value is -4.45. The van der Waals surface area contributed by atoms with Crippen molar-refractivity contribution in [3.63, 3.8) is 0 Å². The summed E-state index contributed by atoms with van der Waals surface area (Å²) in [5, 5.41) is 0. The van der Waals surface area contributed by atoms with Crippen molar-refractivity contribution in [2.45, 2.75) is 297 Å². The maximum Gasteiger partial charge on any atom is 0.306 e. The molecule has 448 valence electrons. The van der Waals surface area contributed by atoms with E-state index in [1.807, 2.05) is 0 Å². The molecule has 0 N–H and O–H groups in total. The minimum Gasteiger partial charge on any atom is -0.462 e. The Morgan fingerprint density at radius 2 is 0.494 bits per heavy atom. The summed E-state index contributed by atoms with van der Waals surface area (Å²) in [6, 6.07) is 0. The summed E-state index contributed by atoms with van der Waals surface area (Å²) >= 11 is 0. The fraction of sp³-hybridized carbons (Fsp3) is 0.658. The van der Waals surface area contributed by atoms with Crippen LogP contribution in [0.15, 0.2) is 134 Å². The Balaban J connectivity index is 4.42. The average Bonchev–Trinajstić information content (AvgIpc) is 3.45. The summed E-state index contributed by atoms with van der Waals surface area (Å²) in [6.07, 6.45) is 93.2. The Morgan fingerprint density at radius 1 is 0.266 bits per heavy atom. The minimum atomic E-state index is -0.812. The van der Waals surface area contributed by atoms with Crippen molar-refractivity contribution in [2.24, 2.45) is 0 Å². The van der Waals surface area contributed by atoms with Crippen molar-refractivity contribution in [1.82, 2.24) is 0 Å². The van der Waals surface area contributed by atoms with E-state index in [1.165, 1.54) is 109 Å². The number of hydrogen-bond donors (Lipinski definition) is 0. The van der Waals surface area contributed by atoms with Crippen molar-refractivity contribution in [2.75, 3.05) is 13.2 Å². The van der Waals surface area contributed by atoms with Crippen LogP contribution in [-0.4, -0.2) is 37.2 Å². The molecule has 0 aromatic carbocycles. The molecule has 6 nitrogen and oxygen atoms in total. The number of rotatable bonds is 58. The van der Waals surface area contributed by atoms with Crippen molar-refractivity contribution in [1.29, 1.82) is 0 Å². The maximum absolute atomic E-state index is 12.9. The number of allylic oxidation sites excluding steroid dienone is 22. The van der Waals surface area contributed by atoms with E-state index < -0.39 is 6.10 Å². The lowest BCUT2D eigenvalue weighted by Gasteiger charge is -2.18. The van der Waals surface area contributed by atoms with Gasteiger partial charge >= 0.3 is 17.9 Å². The van der Waals surface area contributed by atoms with Crippen LogP contribution in [0.2, 0.25) is 0 Å². The van der Waals surface area contributed by atoms with Gasteiger partial charge in [-0.2, -0.15) is 0 Å². The van der Waals surface area contributed by atoms with Crippen LogP contribution in [-0.2, 0) is 28.6 Å². The lowest BCUT2D eigenvalue weighted by Crippen LogP contribution is -2.30. The van der Waals surface area contributed by atoms with Crippen LogP contribution in [0.25, 0.3) is 0 Å². The van der Waals surface area contributed by atoms with Gasteiger partial charge in [-0.25, -0.2) is 0 Å². The van der Waals surface area contributed by atoms with Crippen LogP contribution in [0.3, 0.4) is 0 Å². The molecular formula is C73H120O6. The summed E-state index contributed by atoms with van der Waals surface area (Å²) in [4.78, 5) is 38.3. The van der Waals surface area contributed by atoms with Crippen LogP contribution in [0.5, 0.6) is 0 Å². The number of carbonyl (C=O) groups excluding carboxylic acids is 3. The molecule has 0 radical (unpaired) electrons. The minimum absolute atomic E-state index is 0.103. The molecule has 0 aliphatic carbocycles. The highest BCUT2D eigenvalue weighted by Crippen LogP contribution is 2.16. The second-order valence-electron chi connectivity index (χ2n) is 21.3. The van der Waals surface area contributed by atoms with Gasteiger partial charge in [-0.3, -0.25) is 14.4 Å². The molecule has 0 saturated heterocycles. The summed E-state index contributed by atoms with van der Waals surface area (Å²) < 4.78 is 16.9. The van der Waals surface area contributed by atoms with Gasteiger partial charge in [0.2, 0.25) is 0 Å². The predicted octanol–water partition coefficient (Wildman–Crippen LogP) is 22.5. The third-order valence-electron chi connectivity index (χ3n) is 13.6. The van der Waals surface area contributed by atoms with Gasteiger partial charge < -0.3 is 14.2 Å². The number of hydrogen-bond acceptors (Lipinski definition) is 6. The average molecular weight is 1090 g/mol. The van der Waals surface area contributed by atoms with Gasteiger partial charge in [-0.05, 0) is 135 Å². The highest BCUT2D eigenvalue weighted by molar-refractivity contribution is 5.71. The SMILES string of the molecule is CC/C=C\C/C=C\C/C=C\C/C=C\C/C=C\CCCCCCCC(=O)OC(COC(=O)CCCC/C=C\C/C=C\C/C=C\C/C=C\CC)COC(=O)CCCCCCCCCCCCCCC/C=C\C/C=C\CCCCCCC. The van der Waals surface area contributed by atoms with E-state index in [1.54, 1.807) is 0 Å². The fourth-order valence-corrected chi connectivity index (χ4v) is 8.79. The summed E-state index contributed by atoms with van der Waals surface area (Å²) in [5.74, 6) is -0.963. The van der Waals surface area contributed by atoms with Crippen LogP contribution in [0.1, 0.15) is 290 Å². The first-order chi connectivity index (χ1) is 39.0. The zero-order valence-electron chi connectivity index (χ0n) is 51.3. The van der Waals surface area contributed by atoms with Gasteiger partial charge in [0.15, 0.2) is 6.10 Å². The monoisotopic (exact) mass is 1090 g/mol. The van der Waals surface area contributed by atoms with Crippen molar-refractivity contribution in [3.05, 3.63) is 134 Å². The van der Waals surface area contributed by atoms with E-state index in [2.05, 4.69) is 154 Å². The van der Waals surface area contributed by atoms with E-state index >= 15 is 0 Å². The zero-order chi connectivity index (χ0) is 57.1. The predicted molar refractivity (Wildman–Crippen MR) is 343 cm³/mol. The molecule has 0 saturated carbocycles. The molecule has 0 fully saturated rings. The first kappa shape index (κ1) is 74.5. The third kappa shape index (κ3) is 64.3. The molecule has 6 heteroatoms. The molecule has 0 rings (SSSR count). The first-order valence-electron chi connectivity index (χ1n) is 32.7. The molecule has 0 spiro atoms. The largest absolute Gasteiger partial charge is 0.462 e. The number of esters is 3. The molecule has 0 aliphatic rings. The van der Waals surface area contributed by atoms with Gasteiger partial charge in [0, 0.05) is 19.3 Å². The second kappa shape index (κ2) is 66.1. The molecule has 79 heavy (non-hydrogen) atoms. The quantitative estimate of drug-likeness (QED) is 0.0261. The Labute approximate surface area is 487 Å². The zero-order valence-corrected chi connectivity index (χ0v) is 51.3. The number of unbranched alkanes of at least 4 members (excludes halogenated alkanes) is 25. The van der Waals surface area contributed by atoms with Crippen molar-refractivity contribution in [3.8, 4) is 0 Å². The topological polar surface area (TPSA) is 78.9 Å². The van der Waals surface area contributed by atoms with Gasteiger partial charge in [-0.15, -0.1) is 0 Å². The lowest BCUT2D eigenvalue weighted by atomic mass is 10.0. The summed E-state index contributed by atoms with van der Waals surface area (Å²) in [5.41, 5.74) is 0. The van der Waals surface area contributed by atoms with Gasteiger partial charge in [0.25, 0.3) is 0 Å². The van der Waals surface area contributed by atoms with E-state index in [9.17, 15) is 14.4 Å². The van der Waals surface area contributed by atoms with E-state index in [0.717, 1.165) is 141 Å². The van der Waals surface area contributed by atoms with Crippen LogP contribution >= 0.6 is 0 Å². The Bertz CT molecular complexity index is 1680. The maximum atomic E-state index is 12.9. The van der Waals surface area contributed by atoms with Crippen LogP contribution < -0.4 is 0 Å². The van der Waals surface area contributed by atoms with Crippen molar-refractivity contribution < 1.29 is 28.6 Å². The van der Waals surface area contributed by atoms with E-state index in [4.69, 9.17) is 14.2 Å². The Morgan fingerprint density at radius 3 is 0.797 bits per heavy atom. The summed E-state index contributed by atoms with van der Waals surface area (Å²) in [7, 11) is 0. The second-order valence-corrected chi connectivity index (χ2v) is 21.3. The molecule has 0 aromatic rings. The molecule has 0 bridgehead atoms. The molecule has 0 aromatic heterocycles. The van der Waals surface area contributed by atoms with Crippen molar-refractivity contribution >= 4 is 17.9 Å². The van der Waals surface area contributed by atoms with Crippen LogP contribution in [0.4, 0.5) is 0 Å². The molecule has 0 amide bonds. The van der Waals surface area contributed by atoms with Gasteiger partial charge in [-0.1, -0.05) is 270 Å². The number of carbonyl (C=O) groups is 3. The molecule has 0 aliphatic heterocycles. The molecular weight excluding hydrogens is 973 g/mol. The Kier molecular flexibility index (Phi) is 62.3. The van der Waals surface area contributed by atoms with Gasteiger partial charge in [0.05, 0.1) is 0 Å². The highest BCUT2D eigenvalue weighted by atomic mass is 16.6. The van der Waals surface area contributed by atoms with E-state index in [-0.39, 0.29) is 31.1 Å². The highest BCUT2D eigenvalue weighted by Gasteiger charge is 2.19. The number of ether oxygens (including phenoxy) is 3. The van der Waals surface area contributed by atoms with E-state index in [0.29, 0.717) is 19.3 Å². The fourth-order valence-electron chi connectivity index (χ4n) is 8.79. The normalized spacial score (nSPS) is 13.0. The third-order valence-corrected chi connectivity index (χ3v) is 13.6. The molecule has 0 heterocycles. The molecule has 1 atom stereocenters. The lowest BCUT2D eigenvalue weighted by molar-refractivity contribution is -0.167. The first-order valence-corrected chi connectivity index (χ1v) is 32.7. The molecule has 1 unspecified atom stereocenters. The smallest absolute Gasteiger partial charge is 0.306 e. The van der Waals surface area contributed by atoms with Crippen LogP contribution in [0, 0.1) is 0 Å².